The molecule has 0 bridgehead atoms. The van der Waals surface area contributed by atoms with Gasteiger partial charge in [-0.25, -0.2) is 0 Å². The van der Waals surface area contributed by atoms with Gasteiger partial charge in [-0.15, -0.1) is 0 Å². The first kappa shape index (κ1) is 36.0. The van der Waals surface area contributed by atoms with Crippen molar-refractivity contribution in [3.8, 4) is 55.6 Å². The van der Waals surface area contributed by atoms with Crippen LogP contribution in [0.2, 0.25) is 0 Å². The maximum atomic E-state index is 2.41. The molecule has 10 aromatic carbocycles. The summed E-state index contributed by atoms with van der Waals surface area (Å²) in [6, 6.07) is 83.8. The zero-order valence-electron chi connectivity index (χ0n) is 35.3. The van der Waals surface area contributed by atoms with Crippen LogP contribution in [0.4, 0.5) is 17.1 Å². The fourth-order valence-electron chi connectivity index (χ4n) is 11.7. The van der Waals surface area contributed by atoms with Crippen molar-refractivity contribution in [3.05, 3.63) is 258 Å². The van der Waals surface area contributed by atoms with Gasteiger partial charge in [0.1, 0.15) is 0 Å². The molecule has 0 aliphatic heterocycles. The Hall–Kier alpha value is -7.74. The standard InChI is InChI=1S/C62H43N/c1-61(2)54-36-35-45(39-53(54)52-37-41-17-6-7-18-42(41)38-59(52)61)63(43-19-4-3-5-20-43)44-33-31-40(32-34-44)46-21-8-9-22-47(46)50-26-16-30-58-60(50)51-25-12-15-29-57(51)62(58)55-27-13-10-23-48(55)49-24-11-14-28-56(49)62/h3-39H,1-2H3. The van der Waals surface area contributed by atoms with Crippen molar-refractivity contribution in [2.45, 2.75) is 24.7 Å². The summed E-state index contributed by atoms with van der Waals surface area (Å²) in [5, 5.41) is 2.57. The van der Waals surface area contributed by atoms with Gasteiger partial charge in [0.15, 0.2) is 0 Å². The lowest BCUT2D eigenvalue weighted by Gasteiger charge is -2.30. The van der Waals surface area contributed by atoms with E-state index in [4.69, 9.17) is 0 Å². The molecule has 1 nitrogen and oxygen atoms in total. The van der Waals surface area contributed by atoms with Crippen LogP contribution in [-0.4, -0.2) is 0 Å². The summed E-state index contributed by atoms with van der Waals surface area (Å²) in [5.74, 6) is 0. The Morgan fingerprint density at radius 2 is 0.778 bits per heavy atom. The van der Waals surface area contributed by atoms with Crippen molar-refractivity contribution < 1.29 is 0 Å². The molecule has 0 heterocycles. The summed E-state index contributed by atoms with van der Waals surface area (Å²) >= 11 is 0. The highest BCUT2D eigenvalue weighted by Gasteiger charge is 2.52. The fraction of sp³-hybridized carbons (Fsp3) is 0.0645. The van der Waals surface area contributed by atoms with E-state index >= 15 is 0 Å². The molecular weight excluding hydrogens is 759 g/mol. The van der Waals surface area contributed by atoms with E-state index in [1.54, 1.807) is 0 Å². The minimum atomic E-state index is -0.379. The van der Waals surface area contributed by atoms with Gasteiger partial charge in [-0.2, -0.15) is 0 Å². The Morgan fingerprint density at radius 1 is 0.286 bits per heavy atom. The van der Waals surface area contributed by atoms with Gasteiger partial charge in [0.25, 0.3) is 0 Å². The maximum Gasteiger partial charge on any atom is 0.0725 e. The first-order chi connectivity index (χ1) is 31.0. The van der Waals surface area contributed by atoms with Crippen LogP contribution in [0, 0.1) is 0 Å². The average Bonchev–Trinajstić information content (AvgIpc) is 3.90. The lowest BCUT2D eigenvalue weighted by atomic mass is 9.70. The van der Waals surface area contributed by atoms with Crippen molar-refractivity contribution >= 4 is 27.8 Å². The Morgan fingerprint density at radius 3 is 1.48 bits per heavy atom. The number of benzene rings is 10. The second-order valence-corrected chi connectivity index (χ2v) is 18.0. The number of hydrogen-bond donors (Lipinski definition) is 0. The van der Waals surface area contributed by atoms with Gasteiger partial charge in [-0.3, -0.25) is 0 Å². The second kappa shape index (κ2) is 13.4. The SMILES string of the molecule is CC1(C)c2ccc(N(c3ccccc3)c3ccc(-c4ccccc4-c4cccc5c4-c4ccccc4C54c5ccccc5-c5ccccc54)cc3)cc2-c2cc3ccccc3cc21. The minimum Gasteiger partial charge on any atom is -0.310 e. The first-order valence-corrected chi connectivity index (χ1v) is 22.2. The maximum absolute atomic E-state index is 2.41. The molecule has 0 saturated heterocycles. The van der Waals surface area contributed by atoms with Gasteiger partial charge in [-0.1, -0.05) is 190 Å². The lowest BCUT2D eigenvalue weighted by Crippen LogP contribution is -2.25. The normalized spacial score (nSPS) is 14.1. The van der Waals surface area contributed by atoms with Gasteiger partial charge in [0.2, 0.25) is 0 Å². The highest BCUT2D eigenvalue weighted by atomic mass is 15.1. The summed E-state index contributed by atoms with van der Waals surface area (Å²) in [6.07, 6.45) is 0. The van der Waals surface area contributed by atoms with E-state index < -0.39 is 0 Å². The van der Waals surface area contributed by atoms with Crippen molar-refractivity contribution in [1.82, 2.24) is 0 Å². The summed E-state index contributed by atoms with van der Waals surface area (Å²) in [4.78, 5) is 2.40. The lowest BCUT2D eigenvalue weighted by molar-refractivity contribution is 0.661. The average molecular weight is 802 g/mol. The van der Waals surface area contributed by atoms with Crippen LogP contribution in [0.3, 0.4) is 0 Å². The first-order valence-electron chi connectivity index (χ1n) is 22.2. The molecule has 1 spiro atoms. The molecule has 3 aliphatic carbocycles. The van der Waals surface area contributed by atoms with Crippen LogP contribution in [0.25, 0.3) is 66.4 Å². The topological polar surface area (TPSA) is 3.24 Å². The third-order valence-electron chi connectivity index (χ3n) is 14.5. The van der Waals surface area contributed by atoms with Gasteiger partial charge in [-0.05, 0) is 148 Å². The van der Waals surface area contributed by atoms with E-state index in [-0.39, 0.29) is 10.8 Å². The van der Waals surface area contributed by atoms with Crippen LogP contribution >= 0.6 is 0 Å². The number of para-hydroxylation sites is 1. The van der Waals surface area contributed by atoms with Crippen LogP contribution in [0.15, 0.2) is 224 Å². The van der Waals surface area contributed by atoms with E-state index in [2.05, 4.69) is 243 Å². The van der Waals surface area contributed by atoms with Gasteiger partial charge in [0.05, 0.1) is 5.41 Å². The molecule has 3 aliphatic rings. The van der Waals surface area contributed by atoms with E-state index in [0.29, 0.717) is 0 Å². The summed E-state index contributed by atoms with van der Waals surface area (Å²) in [6.45, 7) is 4.73. The smallest absolute Gasteiger partial charge is 0.0725 e. The van der Waals surface area contributed by atoms with Crippen molar-refractivity contribution in [2.24, 2.45) is 0 Å². The van der Waals surface area contributed by atoms with Gasteiger partial charge >= 0.3 is 0 Å². The number of fused-ring (bicyclic) bond motifs is 14. The largest absolute Gasteiger partial charge is 0.310 e. The molecule has 0 radical (unpaired) electrons. The molecule has 0 atom stereocenters. The third kappa shape index (κ3) is 4.99. The highest BCUT2D eigenvalue weighted by molar-refractivity contribution is 6.02. The third-order valence-corrected chi connectivity index (χ3v) is 14.5. The number of nitrogens with zero attached hydrogens (tertiary/aromatic N) is 1. The van der Waals surface area contributed by atoms with Crippen LogP contribution in [-0.2, 0) is 10.8 Å². The van der Waals surface area contributed by atoms with E-state index in [1.807, 2.05) is 0 Å². The summed E-state index contributed by atoms with van der Waals surface area (Å²) < 4.78 is 0. The summed E-state index contributed by atoms with van der Waals surface area (Å²) in [5.41, 5.74) is 24.0. The second-order valence-electron chi connectivity index (χ2n) is 18.0. The Labute approximate surface area is 369 Å². The zero-order valence-corrected chi connectivity index (χ0v) is 35.3. The highest BCUT2D eigenvalue weighted by Crippen LogP contribution is 2.64. The number of hydrogen-bond acceptors (Lipinski definition) is 1. The Bertz CT molecular complexity index is 3440. The molecule has 0 amide bonds. The predicted molar refractivity (Wildman–Crippen MR) is 263 cm³/mol. The molecule has 63 heavy (non-hydrogen) atoms. The van der Waals surface area contributed by atoms with Crippen molar-refractivity contribution in [3.63, 3.8) is 0 Å². The Balaban J connectivity index is 0.939. The van der Waals surface area contributed by atoms with E-state index in [1.165, 1.54) is 99.8 Å². The molecular formula is C62H43N. The van der Waals surface area contributed by atoms with Crippen LogP contribution < -0.4 is 4.90 Å². The monoisotopic (exact) mass is 801 g/mol. The Kier molecular flexibility index (Phi) is 7.64. The van der Waals surface area contributed by atoms with Crippen molar-refractivity contribution in [2.75, 3.05) is 4.90 Å². The van der Waals surface area contributed by atoms with Gasteiger partial charge < -0.3 is 4.90 Å². The fourth-order valence-corrected chi connectivity index (χ4v) is 11.7. The van der Waals surface area contributed by atoms with E-state index in [0.717, 1.165) is 17.1 Å². The molecule has 0 N–H and O–H groups in total. The minimum absolute atomic E-state index is 0.0898. The summed E-state index contributed by atoms with van der Waals surface area (Å²) in [7, 11) is 0. The van der Waals surface area contributed by atoms with Crippen LogP contribution in [0.5, 0.6) is 0 Å². The molecule has 296 valence electrons. The molecule has 10 aromatic rings. The van der Waals surface area contributed by atoms with Crippen LogP contribution in [0.1, 0.15) is 47.2 Å². The van der Waals surface area contributed by atoms with Crippen molar-refractivity contribution in [1.29, 1.82) is 0 Å². The van der Waals surface area contributed by atoms with E-state index in [9.17, 15) is 0 Å². The molecule has 0 fully saturated rings. The number of rotatable bonds is 5. The molecule has 0 aromatic heterocycles. The predicted octanol–water partition coefficient (Wildman–Crippen LogP) is 16.3. The quantitative estimate of drug-likeness (QED) is 0.168. The zero-order chi connectivity index (χ0) is 41.9. The molecule has 13 rings (SSSR count). The number of anilines is 3. The molecule has 0 unspecified atom stereocenters. The molecule has 0 saturated carbocycles. The molecule has 1 heteroatoms. The van der Waals surface area contributed by atoms with Gasteiger partial charge in [0, 0.05) is 22.5 Å².